The lowest BCUT2D eigenvalue weighted by atomic mass is 9.89. The van der Waals surface area contributed by atoms with Gasteiger partial charge in [0.2, 0.25) is 0 Å². The largest absolute Gasteiger partial charge is 0.342 e. The first-order chi connectivity index (χ1) is 10.2. The number of hydrogen-bond donors (Lipinski definition) is 2. The van der Waals surface area contributed by atoms with E-state index in [9.17, 15) is 10.1 Å². The zero-order chi connectivity index (χ0) is 14.4. The molecule has 21 heavy (non-hydrogen) atoms. The van der Waals surface area contributed by atoms with Gasteiger partial charge in [-0.3, -0.25) is 10.1 Å². The van der Waals surface area contributed by atoms with E-state index in [1.165, 1.54) is 18.9 Å². The molecule has 1 aromatic carbocycles. The van der Waals surface area contributed by atoms with E-state index in [1.54, 1.807) is 18.3 Å². The molecule has 4 rings (SSSR count). The van der Waals surface area contributed by atoms with Crippen molar-refractivity contribution >= 4 is 5.69 Å². The average molecular weight is 284 g/mol. The fourth-order valence-corrected chi connectivity index (χ4v) is 3.59. The van der Waals surface area contributed by atoms with E-state index in [0.717, 1.165) is 23.5 Å². The van der Waals surface area contributed by atoms with Gasteiger partial charge in [-0.2, -0.15) is 0 Å². The summed E-state index contributed by atoms with van der Waals surface area (Å²) in [7, 11) is 0. The van der Waals surface area contributed by atoms with Crippen molar-refractivity contribution in [1.82, 2.24) is 15.3 Å². The highest BCUT2D eigenvalue weighted by Gasteiger charge is 2.41. The molecule has 0 aliphatic carbocycles. The molecule has 2 aromatic rings. The molecule has 2 saturated heterocycles. The van der Waals surface area contributed by atoms with Gasteiger partial charge >= 0.3 is 0 Å². The summed E-state index contributed by atoms with van der Waals surface area (Å²) in [6.45, 7) is 0. The first-order valence-corrected chi connectivity index (χ1v) is 7.26. The van der Waals surface area contributed by atoms with Crippen molar-refractivity contribution in [3.63, 3.8) is 0 Å². The number of non-ortho nitro benzene ring substituents is 1. The molecule has 2 fully saturated rings. The number of nitrogens with one attached hydrogen (secondary N) is 2. The maximum atomic E-state index is 10.9. The van der Waals surface area contributed by atoms with Gasteiger partial charge in [-0.05, 0) is 19.3 Å². The number of nitrogens with zero attached hydrogens (tertiary/aromatic N) is 2. The normalized spacial score (nSPS) is 27.1. The van der Waals surface area contributed by atoms with Crippen LogP contribution in [0.5, 0.6) is 0 Å². The molecule has 1 aromatic heterocycles. The second kappa shape index (κ2) is 4.66. The smallest absolute Gasteiger partial charge is 0.270 e. The van der Waals surface area contributed by atoms with Gasteiger partial charge in [0.15, 0.2) is 0 Å². The lowest BCUT2D eigenvalue weighted by Gasteiger charge is -2.17. The molecule has 2 bridgehead atoms. The molecule has 6 heteroatoms. The number of nitro benzene ring substituents is 1. The lowest BCUT2D eigenvalue weighted by molar-refractivity contribution is -0.384. The third-order valence-electron chi connectivity index (χ3n) is 4.61. The van der Waals surface area contributed by atoms with Gasteiger partial charge in [-0.1, -0.05) is 12.1 Å². The van der Waals surface area contributed by atoms with Crippen LogP contribution in [0.4, 0.5) is 5.69 Å². The molecule has 6 nitrogen and oxygen atoms in total. The number of aromatic nitrogens is 2. The van der Waals surface area contributed by atoms with Crippen molar-refractivity contribution in [1.29, 1.82) is 0 Å². The Bertz CT molecular complexity index is 696. The van der Waals surface area contributed by atoms with Crippen LogP contribution in [0.1, 0.15) is 31.0 Å². The first-order valence-electron chi connectivity index (χ1n) is 7.26. The summed E-state index contributed by atoms with van der Waals surface area (Å²) in [6.07, 6.45) is 5.38. The summed E-state index contributed by atoms with van der Waals surface area (Å²) in [5, 5.41) is 14.5. The van der Waals surface area contributed by atoms with Crippen LogP contribution >= 0.6 is 0 Å². The SMILES string of the molecule is O=[N+]([O-])c1cccc(-c2cnc(C3CC4CCC3N4)[nH]2)c1. The Kier molecular flexibility index (Phi) is 2.78. The second-order valence-electron chi connectivity index (χ2n) is 5.88. The van der Waals surface area contributed by atoms with Gasteiger partial charge in [0, 0.05) is 35.7 Å². The molecular formula is C15H16N4O2. The van der Waals surface area contributed by atoms with Crippen LogP contribution in [0.3, 0.4) is 0 Å². The molecular weight excluding hydrogens is 268 g/mol. The highest BCUT2D eigenvalue weighted by molar-refractivity contribution is 5.62. The van der Waals surface area contributed by atoms with Crippen molar-refractivity contribution in [2.24, 2.45) is 0 Å². The summed E-state index contributed by atoms with van der Waals surface area (Å²) >= 11 is 0. The lowest BCUT2D eigenvalue weighted by Crippen LogP contribution is -2.22. The Morgan fingerprint density at radius 3 is 2.95 bits per heavy atom. The zero-order valence-corrected chi connectivity index (χ0v) is 11.5. The van der Waals surface area contributed by atoms with E-state index < -0.39 is 0 Å². The monoisotopic (exact) mass is 284 g/mol. The van der Waals surface area contributed by atoms with Crippen molar-refractivity contribution in [2.75, 3.05) is 0 Å². The first kappa shape index (κ1) is 12.5. The number of H-pyrrole nitrogens is 1. The van der Waals surface area contributed by atoms with Gasteiger partial charge in [0.1, 0.15) is 5.82 Å². The van der Waals surface area contributed by atoms with Crippen LogP contribution in [0.25, 0.3) is 11.3 Å². The van der Waals surface area contributed by atoms with Crippen molar-refractivity contribution in [3.8, 4) is 11.3 Å². The van der Waals surface area contributed by atoms with Crippen LogP contribution in [0.15, 0.2) is 30.5 Å². The Hall–Kier alpha value is -2.21. The minimum absolute atomic E-state index is 0.102. The molecule has 3 unspecified atom stereocenters. The van der Waals surface area contributed by atoms with E-state index in [4.69, 9.17) is 0 Å². The predicted octanol–water partition coefficient (Wildman–Crippen LogP) is 2.59. The standard InChI is InChI=1S/C15H16N4O2/c20-19(21)11-3-1-2-9(6-11)14-8-16-15(18-14)12-7-10-4-5-13(12)17-10/h1-3,6,8,10,12-13,17H,4-5,7H2,(H,16,18). The number of imidazole rings is 1. The minimum Gasteiger partial charge on any atom is -0.342 e. The summed E-state index contributed by atoms with van der Waals surface area (Å²) in [4.78, 5) is 18.3. The van der Waals surface area contributed by atoms with E-state index in [-0.39, 0.29) is 10.6 Å². The highest BCUT2D eigenvalue weighted by Crippen LogP contribution is 2.39. The molecule has 0 radical (unpaired) electrons. The van der Waals surface area contributed by atoms with Crippen LogP contribution < -0.4 is 5.32 Å². The maximum Gasteiger partial charge on any atom is 0.270 e. The summed E-state index contributed by atoms with van der Waals surface area (Å²) in [6, 6.07) is 7.80. The Morgan fingerprint density at radius 2 is 2.24 bits per heavy atom. The van der Waals surface area contributed by atoms with Crippen LogP contribution in [-0.2, 0) is 0 Å². The molecule has 2 aliphatic rings. The van der Waals surface area contributed by atoms with E-state index >= 15 is 0 Å². The van der Waals surface area contributed by atoms with Gasteiger partial charge in [-0.25, -0.2) is 4.98 Å². The zero-order valence-electron chi connectivity index (χ0n) is 11.5. The molecule has 2 N–H and O–H groups in total. The Morgan fingerprint density at radius 1 is 1.33 bits per heavy atom. The summed E-state index contributed by atoms with van der Waals surface area (Å²) in [5.74, 6) is 1.44. The average Bonchev–Trinajstić information content (AvgIpc) is 3.23. The molecule has 108 valence electrons. The van der Waals surface area contributed by atoms with Gasteiger partial charge in [0.25, 0.3) is 5.69 Å². The van der Waals surface area contributed by atoms with E-state index in [0.29, 0.717) is 18.0 Å². The number of nitro groups is 1. The number of aromatic amines is 1. The van der Waals surface area contributed by atoms with Crippen molar-refractivity contribution < 1.29 is 4.92 Å². The van der Waals surface area contributed by atoms with Crippen LogP contribution in [0.2, 0.25) is 0 Å². The number of benzene rings is 1. The van der Waals surface area contributed by atoms with Gasteiger partial charge in [0.05, 0.1) is 16.8 Å². The van der Waals surface area contributed by atoms with Crippen molar-refractivity contribution in [3.05, 3.63) is 46.4 Å². The van der Waals surface area contributed by atoms with Crippen LogP contribution in [-0.4, -0.2) is 27.0 Å². The maximum absolute atomic E-state index is 10.9. The molecule has 3 heterocycles. The Labute approximate surface area is 121 Å². The third kappa shape index (κ3) is 2.12. The number of hydrogen-bond acceptors (Lipinski definition) is 4. The fourth-order valence-electron chi connectivity index (χ4n) is 3.59. The predicted molar refractivity (Wildman–Crippen MR) is 78.0 cm³/mol. The third-order valence-corrected chi connectivity index (χ3v) is 4.61. The fraction of sp³-hybridized carbons (Fsp3) is 0.400. The van der Waals surface area contributed by atoms with Gasteiger partial charge in [-0.15, -0.1) is 0 Å². The molecule has 2 aliphatic heterocycles. The quantitative estimate of drug-likeness (QED) is 0.670. The Balaban J connectivity index is 1.62. The van der Waals surface area contributed by atoms with E-state index in [1.807, 2.05) is 6.07 Å². The summed E-state index contributed by atoms with van der Waals surface area (Å²) in [5.41, 5.74) is 1.75. The highest BCUT2D eigenvalue weighted by atomic mass is 16.6. The topological polar surface area (TPSA) is 83.8 Å². The van der Waals surface area contributed by atoms with Crippen LogP contribution in [0, 0.1) is 10.1 Å². The summed E-state index contributed by atoms with van der Waals surface area (Å²) < 4.78 is 0. The second-order valence-corrected chi connectivity index (χ2v) is 5.88. The minimum atomic E-state index is -0.374. The molecule has 0 amide bonds. The number of fused-ring (bicyclic) bond motifs is 2. The molecule has 3 atom stereocenters. The van der Waals surface area contributed by atoms with Crippen molar-refractivity contribution in [2.45, 2.75) is 37.3 Å². The van der Waals surface area contributed by atoms with Gasteiger partial charge < -0.3 is 10.3 Å². The van der Waals surface area contributed by atoms with E-state index in [2.05, 4.69) is 15.3 Å². The number of rotatable bonds is 3. The molecule has 0 spiro atoms. The molecule has 0 saturated carbocycles.